The monoisotopic (exact) mass is 369 g/mol. The minimum atomic E-state index is -3.13. The van der Waals surface area contributed by atoms with Gasteiger partial charge >= 0.3 is 0 Å². The molecule has 1 amide bonds. The number of hydrogen-bond acceptors (Lipinski definition) is 3. The van der Waals surface area contributed by atoms with Crippen LogP contribution in [0.1, 0.15) is 21.5 Å². The molecule has 2 rings (SSSR count). The second-order valence-corrected chi connectivity index (χ2v) is 8.18. The Balaban J connectivity index is 2.13. The molecular formula is C17H17ClFNO3S. The summed E-state index contributed by atoms with van der Waals surface area (Å²) < 4.78 is 36.4. The van der Waals surface area contributed by atoms with E-state index in [4.69, 9.17) is 11.6 Å². The summed E-state index contributed by atoms with van der Waals surface area (Å²) in [4.78, 5) is 13.8. The molecule has 4 nitrogen and oxygen atoms in total. The molecule has 0 aliphatic heterocycles. The van der Waals surface area contributed by atoms with Crippen LogP contribution < -0.4 is 0 Å². The van der Waals surface area contributed by atoms with Crippen LogP contribution >= 0.6 is 11.6 Å². The van der Waals surface area contributed by atoms with Gasteiger partial charge in [-0.25, -0.2) is 12.8 Å². The number of hydrogen-bond donors (Lipinski definition) is 0. The van der Waals surface area contributed by atoms with Crippen molar-refractivity contribution in [2.75, 3.05) is 13.3 Å². The van der Waals surface area contributed by atoms with Gasteiger partial charge in [0.2, 0.25) is 0 Å². The standard InChI is InChI=1S/C17H17ClFNO3S/c1-20(10-14-15(18)4-3-5-16(14)19)17(21)13-8-6-12(7-9-13)11-24(2,22)23/h3-9H,10-11H2,1-2H3. The number of carbonyl (C=O) groups is 1. The largest absolute Gasteiger partial charge is 0.337 e. The maximum Gasteiger partial charge on any atom is 0.253 e. The lowest BCUT2D eigenvalue weighted by atomic mass is 10.1. The zero-order chi connectivity index (χ0) is 17.9. The lowest BCUT2D eigenvalue weighted by molar-refractivity contribution is 0.0784. The summed E-state index contributed by atoms with van der Waals surface area (Å²) >= 11 is 5.97. The fourth-order valence-corrected chi connectivity index (χ4v) is 3.28. The smallest absolute Gasteiger partial charge is 0.253 e. The number of nitrogens with zero attached hydrogens (tertiary/aromatic N) is 1. The first-order chi connectivity index (χ1) is 11.2. The molecule has 0 fully saturated rings. The second-order valence-electron chi connectivity index (χ2n) is 5.63. The molecule has 24 heavy (non-hydrogen) atoms. The third-order valence-corrected chi connectivity index (χ3v) is 4.65. The SMILES string of the molecule is CN(Cc1c(F)cccc1Cl)C(=O)c1ccc(CS(C)(=O)=O)cc1. The van der Waals surface area contributed by atoms with E-state index in [1.54, 1.807) is 37.4 Å². The summed E-state index contributed by atoms with van der Waals surface area (Å²) in [5.74, 6) is -0.854. The van der Waals surface area contributed by atoms with E-state index in [1.807, 2.05) is 0 Å². The van der Waals surface area contributed by atoms with Crippen molar-refractivity contribution in [3.63, 3.8) is 0 Å². The van der Waals surface area contributed by atoms with Crippen molar-refractivity contribution in [2.24, 2.45) is 0 Å². The number of benzene rings is 2. The normalized spacial score (nSPS) is 11.3. The molecule has 0 bridgehead atoms. The summed E-state index contributed by atoms with van der Waals surface area (Å²) in [5.41, 5.74) is 1.25. The Morgan fingerprint density at radius 2 is 1.79 bits per heavy atom. The average Bonchev–Trinajstić information content (AvgIpc) is 2.49. The number of amides is 1. The molecule has 0 aromatic heterocycles. The number of carbonyl (C=O) groups excluding carboxylic acids is 1. The maximum atomic E-state index is 13.8. The number of rotatable bonds is 5. The van der Waals surface area contributed by atoms with Gasteiger partial charge in [-0.3, -0.25) is 4.79 Å². The van der Waals surface area contributed by atoms with Crippen molar-refractivity contribution in [1.29, 1.82) is 0 Å². The maximum absolute atomic E-state index is 13.8. The third kappa shape index (κ3) is 4.79. The minimum absolute atomic E-state index is 0.0371. The van der Waals surface area contributed by atoms with Crippen LogP contribution in [0.25, 0.3) is 0 Å². The zero-order valence-corrected chi connectivity index (χ0v) is 14.9. The highest BCUT2D eigenvalue weighted by Crippen LogP contribution is 2.21. The Morgan fingerprint density at radius 3 is 2.33 bits per heavy atom. The van der Waals surface area contributed by atoms with Gasteiger partial charge in [-0.2, -0.15) is 0 Å². The van der Waals surface area contributed by atoms with Crippen LogP contribution in [0.2, 0.25) is 5.02 Å². The van der Waals surface area contributed by atoms with Gasteiger partial charge in [0.05, 0.1) is 5.75 Å². The summed E-state index contributed by atoms with van der Waals surface area (Å²) in [6.45, 7) is 0.0371. The van der Waals surface area contributed by atoms with Gasteiger partial charge in [-0.15, -0.1) is 0 Å². The van der Waals surface area contributed by atoms with Crippen LogP contribution in [-0.4, -0.2) is 32.5 Å². The predicted molar refractivity (Wildman–Crippen MR) is 92.2 cm³/mol. The molecule has 0 saturated heterocycles. The van der Waals surface area contributed by atoms with Crippen molar-refractivity contribution >= 4 is 27.3 Å². The molecule has 7 heteroatoms. The van der Waals surface area contributed by atoms with Crippen molar-refractivity contribution in [3.8, 4) is 0 Å². The summed E-state index contributed by atoms with van der Waals surface area (Å²) in [6, 6.07) is 10.7. The number of sulfone groups is 1. The van der Waals surface area contributed by atoms with Crippen molar-refractivity contribution in [2.45, 2.75) is 12.3 Å². The van der Waals surface area contributed by atoms with Crippen LogP contribution in [0.4, 0.5) is 4.39 Å². The first-order valence-electron chi connectivity index (χ1n) is 7.12. The quantitative estimate of drug-likeness (QED) is 0.812. The summed E-state index contributed by atoms with van der Waals surface area (Å²) in [5, 5.41) is 0.262. The highest BCUT2D eigenvalue weighted by molar-refractivity contribution is 7.89. The van der Waals surface area contributed by atoms with Crippen LogP contribution in [0, 0.1) is 5.82 Å². The van der Waals surface area contributed by atoms with E-state index in [-0.39, 0.29) is 28.8 Å². The molecule has 2 aromatic carbocycles. The molecule has 128 valence electrons. The lowest BCUT2D eigenvalue weighted by Gasteiger charge is -2.18. The van der Waals surface area contributed by atoms with E-state index >= 15 is 0 Å². The molecule has 0 saturated carbocycles. The fourth-order valence-electron chi connectivity index (χ4n) is 2.26. The van der Waals surface area contributed by atoms with Crippen LogP contribution in [0.3, 0.4) is 0 Å². The average molecular weight is 370 g/mol. The van der Waals surface area contributed by atoms with Crippen molar-refractivity contribution in [3.05, 3.63) is 70.0 Å². The van der Waals surface area contributed by atoms with Crippen LogP contribution in [-0.2, 0) is 22.1 Å². The Bertz CT molecular complexity index is 830. The molecule has 0 spiro atoms. The summed E-state index contributed by atoms with van der Waals surface area (Å²) in [7, 11) is -1.58. The minimum Gasteiger partial charge on any atom is -0.337 e. The van der Waals surface area contributed by atoms with Crippen molar-refractivity contribution < 1.29 is 17.6 Å². The van der Waals surface area contributed by atoms with Gasteiger partial charge in [0.1, 0.15) is 5.82 Å². The molecule has 2 aromatic rings. The molecule has 0 radical (unpaired) electrons. The van der Waals surface area contributed by atoms with E-state index < -0.39 is 15.7 Å². The highest BCUT2D eigenvalue weighted by atomic mass is 35.5. The van der Waals surface area contributed by atoms with Crippen LogP contribution in [0.5, 0.6) is 0 Å². The van der Waals surface area contributed by atoms with E-state index in [1.165, 1.54) is 17.0 Å². The van der Waals surface area contributed by atoms with E-state index in [9.17, 15) is 17.6 Å². The topological polar surface area (TPSA) is 54.5 Å². The highest BCUT2D eigenvalue weighted by Gasteiger charge is 2.16. The molecular weight excluding hydrogens is 353 g/mol. The Labute approximate surface area is 145 Å². The zero-order valence-electron chi connectivity index (χ0n) is 13.3. The Hall–Kier alpha value is -1.92. The molecule has 0 aliphatic carbocycles. The number of halogens is 2. The second kappa shape index (κ2) is 7.32. The molecule has 0 aliphatic rings. The van der Waals surface area contributed by atoms with Gasteiger partial charge in [0, 0.05) is 36.0 Å². The first kappa shape index (κ1) is 18.4. The van der Waals surface area contributed by atoms with Gasteiger partial charge in [0.15, 0.2) is 9.84 Å². The third-order valence-electron chi connectivity index (χ3n) is 3.43. The fraction of sp³-hybridized carbons (Fsp3) is 0.235. The van der Waals surface area contributed by atoms with Gasteiger partial charge in [0.25, 0.3) is 5.91 Å². The van der Waals surface area contributed by atoms with Gasteiger partial charge in [-0.05, 0) is 29.8 Å². The van der Waals surface area contributed by atoms with E-state index in [0.29, 0.717) is 11.1 Å². The summed E-state index contributed by atoms with van der Waals surface area (Å²) in [6.07, 6.45) is 1.15. The van der Waals surface area contributed by atoms with Gasteiger partial charge < -0.3 is 4.90 Å². The lowest BCUT2D eigenvalue weighted by Crippen LogP contribution is -2.26. The molecule has 0 atom stereocenters. The van der Waals surface area contributed by atoms with E-state index in [2.05, 4.69) is 0 Å². The Kier molecular flexibility index (Phi) is 5.62. The molecule has 0 unspecified atom stereocenters. The van der Waals surface area contributed by atoms with Crippen molar-refractivity contribution in [1.82, 2.24) is 4.90 Å². The first-order valence-corrected chi connectivity index (χ1v) is 9.56. The van der Waals surface area contributed by atoms with Crippen LogP contribution in [0.15, 0.2) is 42.5 Å². The predicted octanol–water partition coefficient (Wildman–Crippen LogP) is 3.30. The van der Waals surface area contributed by atoms with E-state index in [0.717, 1.165) is 6.26 Å². The molecule has 0 N–H and O–H groups in total. The van der Waals surface area contributed by atoms with Gasteiger partial charge in [-0.1, -0.05) is 29.8 Å². The Morgan fingerprint density at radius 1 is 1.17 bits per heavy atom. The molecule has 0 heterocycles.